The third kappa shape index (κ3) is 11.5. The van der Waals surface area contributed by atoms with Crippen molar-refractivity contribution in [2.45, 2.75) is 97.3 Å². The molecule has 0 saturated heterocycles. The largest absolute Gasteiger partial charge is 0.481 e. The van der Waals surface area contributed by atoms with Gasteiger partial charge in [0.2, 0.25) is 0 Å². The molecule has 1 unspecified atom stereocenters. The Labute approximate surface area is 130 Å². The maximum absolute atomic E-state index is 12.0. The molecular formula is C18H34O3. The summed E-state index contributed by atoms with van der Waals surface area (Å²) in [5.41, 5.74) is 0. The molecule has 0 heterocycles. The van der Waals surface area contributed by atoms with E-state index in [1.54, 1.807) is 0 Å². The van der Waals surface area contributed by atoms with E-state index in [1.165, 1.54) is 32.1 Å². The van der Waals surface area contributed by atoms with Crippen molar-refractivity contribution in [2.75, 3.05) is 0 Å². The van der Waals surface area contributed by atoms with Gasteiger partial charge in [-0.1, -0.05) is 78.1 Å². The fourth-order valence-electron chi connectivity index (χ4n) is 2.63. The number of carboxylic acid groups (broad SMARTS) is 1. The van der Waals surface area contributed by atoms with Crippen LogP contribution in [0.3, 0.4) is 0 Å². The summed E-state index contributed by atoms with van der Waals surface area (Å²) >= 11 is 0. The van der Waals surface area contributed by atoms with Gasteiger partial charge < -0.3 is 5.11 Å². The van der Waals surface area contributed by atoms with E-state index >= 15 is 0 Å². The molecule has 0 amide bonds. The monoisotopic (exact) mass is 298 g/mol. The standard InChI is InChI=1S/C18H34O3/c1-3-5-7-9-11-12-14-16(18(20)21)17(19)15-13-10-8-6-4-2/h16H,3-15H2,1-2H3,(H,20,21). The van der Waals surface area contributed by atoms with Crippen LogP contribution in [0.1, 0.15) is 97.3 Å². The molecule has 0 bridgehead atoms. The number of aliphatic carboxylic acids is 1. The minimum Gasteiger partial charge on any atom is -0.481 e. The number of carboxylic acids is 1. The lowest BCUT2D eigenvalue weighted by atomic mass is 9.93. The minimum atomic E-state index is -0.929. The van der Waals surface area contributed by atoms with E-state index in [9.17, 15) is 14.7 Å². The van der Waals surface area contributed by atoms with E-state index in [2.05, 4.69) is 13.8 Å². The number of carbonyl (C=O) groups is 2. The summed E-state index contributed by atoms with van der Waals surface area (Å²) in [7, 11) is 0. The van der Waals surface area contributed by atoms with E-state index < -0.39 is 11.9 Å². The highest BCUT2D eigenvalue weighted by Crippen LogP contribution is 2.17. The van der Waals surface area contributed by atoms with Gasteiger partial charge in [0.25, 0.3) is 0 Å². The maximum Gasteiger partial charge on any atom is 0.314 e. The van der Waals surface area contributed by atoms with Gasteiger partial charge in [-0.2, -0.15) is 0 Å². The Bertz CT molecular complexity index is 274. The number of hydrogen-bond acceptors (Lipinski definition) is 2. The second kappa shape index (κ2) is 14.1. The molecular weight excluding hydrogens is 264 g/mol. The predicted molar refractivity (Wildman–Crippen MR) is 87.5 cm³/mol. The minimum absolute atomic E-state index is 0.0624. The van der Waals surface area contributed by atoms with E-state index in [1.807, 2.05) is 0 Å². The molecule has 21 heavy (non-hydrogen) atoms. The van der Waals surface area contributed by atoms with Crippen LogP contribution < -0.4 is 0 Å². The highest BCUT2D eigenvalue weighted by Gasteiger charge is 2.24. The van der Waals surface area contributed by atoms with Crippen LogP contribution in [0.4, 0.5) is 0 Å². The molecule has 1 N–H and O–H groups in total. The van der Waals surface area contributed by atoms with Gasteiger partial charge in [-0.15, -0.1) is 0 Å². The van der Waals surface area contributed by atoms with Crippen LogP contribution in [0.15, 0.2) is 0 Å². The molecule has 0 aromatic carbocycles. The molecule has 0 spiro atoms. The number of ketones is 1. The SMILES string of the molecule is CCCCCCCCC(C(=O)O)C(=O)CCCCCCC. The Balaban J connectivity index is 3.83. The molecule has 124 valence electrons. The van der Waals surface area contributed by atoms with Gasteiger partial charge >= 0.3 is 5.97 Å². The second-order valence-electron chi connectivity index (χ2n) is 6.08. The van der Waals surface area contributed by atoms with Crippen molar-refractivity contribution >= 4 is 11.8 Å². The number of carbonyl (C=O) groups excluding carboxylic acids is 1. The molecule has 1 atom stereocenters. The Kier molecular flexibility index (Phi) is 13.5. The summed E-state index contributed by atoms with van der Waals surface area (Å²) in [6.07, 6.45) is 13.2. The third-order valence-corrected chi connectivity index (χ3v) is 4.06. The van der Waals surface area contributed by atoms with Crippen molar-refractivity contribution in [1.82, 2.24) is 0 Å². The number of unbranched alkanes of at least 4 members (excludes halogenated alkanes) is 9. The van der Waals surface area contributed by atoms with Gasteiger partial charge in [0.1, 0.15) is 11.7 Å². The van der Waals surface area contributed by atoms with Crippen molar-refractivity contribution in [3.05, 3.63) is 0 Å². The number of Topliss-reactive ketones (excluding diaryl/α,β-unsaturated/α-hetero) is 1. The van der Waals surface area contributed by atoms with E-state index in [0.717, 1.165) is 38.5 Å². The molecule has 0 radical (unpaired) electrons. The van der Waals surface area contributed by atoms with Gasteiger partial charge in [0.15, 0.2) is 0 Å². The van der Waals surface area contributed by atoms with Crippen molar-refractivity contribution in [2.24, 2.45) is 5.92 Å². The topological polar surface area (TPSA) is 54.4 Å². The van der Waals surface area contributed by atoms with Crippen LogP contribution in [0.2, 0.25) is 0 Å². The first-order chi connectivity index (χ1) is 10.1. The molecule has 3 heteroatoms. The molecule has 0 aromatic rings. The van der Waals surface area contributed by atoms with Gasteiger partial charge in [0.05, 0.1) is 0 Å². The van der Waals surface area contributed by atoms with Crippen LogP contribution in [-0.4, -0.2) is 16.9 Å². The molecule has 0 aliphatic carbocycles. The van der Waals surface area contributed by atoms with Crippen LogP contribution in [0.25, 0.3) is 0 Å². The lowest BCUT2D eigenvalue weighted by molar-refractivity contribution is -0.146. The molecule has 0 saturated carbocycles. The third-order valence-electron chi connectivity index (χ3n) is 4.06. The fraction of sp³-hybridized carbons (Fsp3) is 0.889. The first kappa shape index (κ1) is 20.1. The zero-order valence-corrected chi connectivity index (χ0v) is 14.0. The highest BCUT2D eigenvalue weighted by atomic mass is 16.4. The molecule has 3 nitrogen and oxygen atoms in total. The van der Waals surface area contributed by atoms with Crippen molar-refractivity contribution in [3.8, 4) is 0 Å². The second-order valence-corrected chi connectivity index (χ2v) is 6.08. The smallest absolute Gasteiger partial charge is 0.314 e. The quantitative estimate of drug-likeness (QED) is 0.327. The lowest BCUT2D eigenvalue weighted by Gasteiger charge is -2.11. The molecule has 0 rings (SSSR count). The summed E-state index contributed by atoms with van der Waals surface area (Å²) in [5.74, 6) is -1.75. The van der Waals surface area contributed by atoms with Crippen LogP contribution in [-0.2, 0) is 9.59 Å². The summed E-state index contributed by atoms with van der Waals surface area (Å²) < 4.78 is 0. The maximum atomic E-state index is 12.0. The van der Waals surface area contributed by atoms with Crippen molar-refractivity contribution in [1.29, 1.82) is 0 Å². The zero-order valence-electron chi connectivity index (χ0n) is 14.0. The predicted octanol–water partition coefficient (Wildman–Crippen LogP) is 5.37. The van der Waals surface area contributed by atoms with Gasteiger partial charge in [0, 0.05) is 6.42 Å². The first-order valence-corrected chi connectivity index (χ1v) is 8.89. The normalized spacial score (nSPS) is 12.3. The highest BCUT2D eigenvalue weighted by molar-refractivity contribution is 5.98. The van der Waals surface area contributed by atoms with Gasteiger partial charge in [-0.3, -0.25) is 9.59 Å². The fourth-order valence-corrected chi connectivity index (χ4v) is 2.63. The van der Waals surface area contributed by atoms with Crippen LogP contribution in [0, 0.1) is 5.92 Å². The molecule has 0 aliphatic rings. The van der Waals surface area contributed by atoms with Gasteiger partial charge in [-0.25, -0.2) is 0 Å². The summed E-state index contributed by atoms with van der Waals surface area (Å²) in [4.78, 5) is 23.2. The van der Waals surface area contributed by atoms with Crippen molar-refractivity contribution in [3.63, 3.8) is 0 Å². The molecule has 0 aliphatic heterocycles. The Morgan fingerprint density at radius 3 is 1.76 bits per heavy atom. The molecule has 0 fully saturated rings. The zero-order chi connectivity index (χ0) is 15.9. The van der Waals surface area contributed by atoms with Crippen LogP contribution >= 0.6 is 0 Å². The summed E-state index contributed by atoms with van der Waals surface area (Å²) in [6.45, 7) is 4.34. The Morgan fingerprint density at radius 2 is 1.24 bits per heavy atom. The van der Waals surface area contributed by atoms with E-state index in [0.29, 0.717) is 12.8 Å². The number of hydrogen-bond donors (Lipinski definition) is 1. The van der Waals surface area contributed by atoms with E-state index in [4.69, 9.17) is 0 Å². The van der Waals surface area contributed by atoms with Crippen LogP contribution in [0.5, 0.6) is 0 Å². The first-order valence-electron chi connectivity index (χ1n) is 8.89. The average molecular weight is 298 g/mol. The summed E-state index contributed by atoms with van der Waals surface area (Å²) in [6, 6.07) is 0. The average Bonchev–Trinajstić information content (AvgIpc) is 2.45. The summed E-state index contributed by atoms with van der Waals surface area (Å²) in [5, 5.41) is 9.20. The van der Waals surface area contributed by atoms with E-state index in [-0.39, 0.29) is 5.78 Å². The van der Waals surface area contributed by atoms with Gasteiger partial charge in [-0.05, 0) is 12.8 Å². The number of rotatable bonds is 15. The Hall–Kier alpha value is -0.860. The Morgan fingerprint density at radius 1 is 0.762 bits per heavy atom. The van der Waals surface area contributed by atoms with Crippen molar-refractivity contribution < 1.29 is 14.7 Å². The molecule has 0 aromatic heterocycles. The lowest BCUT2D eigenvalue weighted by Crippen LogP contribution is -2.23.